The maximum atomic E-state index is 12.9. The Balaban J connectivity index is 0.00000408. The van der Waals surface area contributed by atoms with E-state index in [9.17, 15) is 23.4 Å². The summed E-state index contributed by atoms with van der Waals surface area (Å²) in [5, 5.41) is 23.1. The summed E-state index contributed by atoms with van der Waals surface area (Å²) in [4.78, 5) is 11.3. The van der Waals surface area contributed by atoms with Gasteiger partial charge in [-0.05, 0) is 60.5 Å². The van der Waals surface area contributed by atoms with Gasteiger partial charge in [-0.15, -0.1) is 0 Å². The molecule has 1 atom stereocenters. The number of ether oxygens (including phenoxy) is 1. The molecule has 0 aromatic heterocycles. The van der Waals surface area contributed by atoms with Crippen LogP contribution >= 0.6 is 11.6 Å². The molecule has 0 unspecified atom stereocenters. The summed E-state index contributed by atoms with van der Waals surface area (Å²) < 4.78 is 30.9. The Bertz CT molecular complexity index is 1230. The van der Waals surface area contributed by atoms with Crippen LogP contribution in [-0.4, -0.2) is 74.4 Å². The van der Waals surface area contributed by atoms with Crippen molar-refractivity contribution in [2.24, 2.45) is 0 Å². The third-order valence-corrected chi connectivity index (χ3v) is 7.11. The van der Waals surface area contributed by atoms with Gasteiger partial charge in [-0.2, -0.15) is 0 Å². The summed E-state index contributed by atoms with van der Waals surface area (Å²) >= 11 is 5.94. The first kappa shape index (κ1) is 28.3. The van der Waals surface area contributed by atoms with E-state index in [1.54, 1.807) is 30.3 Å². The number of carboxylic acids is 1. The third-order valence-electron chi connectivity index (χ3n) is 5.11. The molecule has 3 aromatic rings. The molecule has 3 N–H and O–H groups in total. The van der Waals surface area contributed by atoms with E-state index in [4.69, 9.17) is 16.3 Å². The molecule has 0 amide bonds. The van der Waals surface area contributed by atoms with Crippen molar-refractivity contribution in [1.29, 1.82) is 0 Å². The first-order chi connectivity index (χ1) is 15.7. The number of carbonyl (C=O) groups is 1. The summed E-state index contributed by atoms with van der Waals surface area (Å²) in [6.07, 6.45) is -0.0373. The zero-order chi connectivity index (χ0) is 24.0. The number of hydrogen-bond donors (Lipinski definition) is 3. The molecule has 10 heteroatoms. The Morgan fingerprint density at radius 2 is 1.74 bits per heavy atom. The van der Waals surface area contributed by atoms with Gasteiger partial charge in [0, 0.05) is 17.6 Å². The van der Waals surface area contributed by atoms with E-state index in [2.05, 4.69) is 5.32 Å². The van der Waals surface area contributed by atoms with Gasteiger partial charge in [0.15, 0.2) is 0 Å². The van der Waals surface area contributed by atoms with Crippen LogP contribution in [0.3, 0.4) is 0 Å². The minimum atomic E-state index is -3.83. The van der Waals surface area contributed by atoms with Crippen LogP contribution in [0, 0.1) is 0 Å². The van der Waals surface area contributed by atoms with Crippen LogP contribution < -0.4 is 10.1 Å². The van der Waals surface area contributed by atoms with Crippen molar-refractivity contribution in [3.8, 4) is 5.75 Å². The predicted octanol–water partition coefficient (Wildman–Crippen LogP) is 3.10. The summed E-state index contributed by atoms with van der Waals surface area (Å²) in [7, 11) is -2.55. The van der Waals surface area contributed by atoms with Crippen molar-refractivity contribution in [3.05, 3.63) is 88.4 Å². The monoisotopic (exact) mass is 513 g/mol. The number of carboxylic acid groups (broad SMARTS) is 1. The van der Waals surface area contributed by atoms with Crippen LogP contribution in [0.1, 0.15) is 27.6 Å². The van der Waals surface area contributed by atoms with Gasteiger partial charge in [-0.25, -0.2) is 13.2 Å². The van der Waals surface area contributed by atoms with E-state index in [-0.39, 0.29) is 50.7 Å². The predicted molar refractivity (Wildman–Crippen MR) is 132 cm³/mol. The van der Waals surface area contributed by atoms with Gasteiger partial charge in [0.25, 0.3) is 0 Å². The van der Waals surface area contributed by atoms with E-state index >= 15 is 0 Å². The molecule has 0 fully saturated rings. The molecular weight excluding hydrogens is 489 g/mol. The number of halogens is 1. The van der Waals surface area contributed by atoms with Crippen LogP contribution in [0.25, 0.3) is 0 Å². The zero-order valence-electron chi connectivity index (χ0n) is 17.9. The van der Waals surface area contributed by atoms with Gasteiger partial charge in [0.2, 0.25) is 9.84 Å². The number of benzene rings is 3. The van der Waals surface area contributed by atoms with Crippen molar-refractivity contribution in [1.82, 2.24) is 5.32 Å². The third kappa shape index (κ3) is 7.05. The molecule has 0 saturated heterocycles. The standard InChI is InChI=1S/C24H24ClNO6S.Na.H/c1-32-23-14-20(9-10-21(23)24(28)29)33(30,31)19-7-5-16(6-8-19)11-12-26-15-22(27)17-3-2-4-18(25)13-17;;/h2-10,13-14,22,26-27H,11-12,15H2,1H3,(H,28,29);;/t22-;;/m1../s1. The van der Waals surface area contributed by atoms with Crippen molar-refractivity contribution < 1.29 is 28.2 Å². The van der Waals surface area contributed by atoms with Gasteiger partial charge in [-0.3, -0.25) is 0 Å². The normalized spacial score (nSPS) is 12.0. The van der Waals surface area contributed by atoms with Gasteiger partial charge in [0.1, 0.15) is 11.3 Å². The molecule has 0 aliphatic heterocycles. The summed E-state index contributed by atoms with van der Waals surface area (Å²) in [6.45, 7) is 0.957. The molecule has 0 bridgehead atoms. The van der Waals surface area contributed by atoms with Gasteiger partial charge in [-0.1, -0.05) is 35.9 Å². The van der Waals surface area contributed by atoms with E-state index < -0.39 is 21.9 Å². The average molecular weight is 514 g/mol. The molecule has 0 radical (unpaired) electrons. The number of rotatable bonds is 10. The maximum absolute atomic E-state index is 12.9. The second-order valence-corrected chi connectivity index (χ2v) is 9.73. The van der Waals surface area contributed by atoms with Gasteiger partial charge >= 0.3 is 35.5 Å². The number of aliphatic hydroxyl groups is 1. The summed E-state index contributed by atoms with van der Waals surface area (Å²) in [5.74, 6) is -1.22. The van der Waals surface area contributed by atoms with Crippen LogP contribution in [0.4, 0.5) is 0 Å². The van der Waals surface area contributed by atoms with Crippen LogP contribution in [0.15, 0.2) is 76.5 Å². The van der Waals surface area contributed by atoms with Crippen molar-refractivity contribution in [3.63, 3.8) is 0 Å². The van der Waals surface area contributed by atoms with Gasteiger partial charge < -0.3 is 20.3 Å². The molecule has 0 spiro atoms. The van der Waals surface area contributed by atoms with E-state index in [1.165, 1.54) is 37.4 Å². The Morgan fingerprint density at radius 3 is 2.35 bits per heavy atom. The second-order valence-electron chi connectivity index (χ2n) is 7.34. The van der Waals surface area contributed by atoms with Crippen LogP contribution in [0.5, 0.6) is 5.75 Å². The van der Waals surface area contributed by atoms with E-state index in [0.29, 0.717) is 24.5 Å². The molecule has 7 nitrogen and oxygen atoms in total. The Labute approximate surface area is 225 Å². The number of hydrogen-bond acceptors (Lipinski definition) is 6. The Morgan fingerprint density at radius 1 is 1.06 bits per heavy atom. The van der Waals surface area contributed by atoms with Crippen molar-refractivity contribution >= 4 is 57.0 Å². The fourth-order valence-corrected chi connectivity index (χ4v) is 4.76. The number of aromatic carboxylic acids is 1. The molecule has 0 saturated carbocycles. The molecule has 0 heterocycles. The van der Waals surface area contributed by atoms with E-state index in [1.807, 2.05) is 6.07 Å². The minimum absolute atomic E-state index is 0. The van der Waals surface area contributed by atoms with Gasteiger partial charge in [0.05, 0.1) is 23.0 Å². The molecule has 0 aliphatic rings. The number of aliphatic hydroxyl groups excluding tert-OH is 1. The summed E-state index contributed by atoms with van der Waals surface area (Å²) in [5.41, 5.74) is 1.55. The van der Waals surface area contributed by atoms with Crippen molar-refractivity contribution in [2.75, 3.05) is 20.2 Å². The molecular formula is C24H25ClNNaO6S. The molecule has 176 valence electrons. The topological polar surface area (TPSA) is 113 Å². The Hall–Kier alpha value is -1.91. The number of sulfone groups is 1. The second kappa shape index (κ2) is 12.7. The number of methoxy groups -OCH3 is 1. The van der Waals surface area contributed by atoms with Crippen LogP contribution in [0.2, 0.25) is 5.02 Å². The van der Waals surface area contributed by atoms with Crippen LogP contribution in [-0.2, 0) is 16.3 Å². The first-order valence-electron chi connectivity index (χ1n) is 10.1. The zero-order valence-corrected chi connectivity index (χ0v) is 19.4. The quantitative estimate of drug-likeness (QED) is 0.282. The molecule has 3 aromatic carbocycles. The fourth-order valence-electron chi connectivity index (χ4n) is 3.29. The first-order valence-corrected chi connectivity index (χ1v) is 12.0. The SMILES string of the molecule is COc1cc(S(=O)(=O)c2ccc(CCNC[C@@H](O)c3cccc(Cl)c3)cc2)ccc1C(=O)O.[NaH]. The van der Waals surface area contributed by atoms with E-state index in [0.717, 1.165) is 11.1 Å². The molecule has 0 aliphatic carbocycles. The molecule has 34 heavy (non-hydrogen) atoms. The molecule has 3 rings (SSSR count). The average Bonchev–Trinajstić information content (AvgIpc) is 2.81. The Kier molecular flexibility index (Phi) is 10.6. The summed E-state index contributed by atoms with van der Waals surface area (Å²) in [6, 6.07) is 17.2. The fraction of sp³-hybridized carbons (Fsp3) is 0.208. The van der Waals surface area contributed by atoms with Crippen molar-refractivity contribution in [2.45, 2.75) is 22.3 Å². The number of nitrogens with one attached hydrogen (secondary N) is 1.